The number of benzene rings is 2. The number of fused-ring (bicyclic) bond motifs is 1. The van der Waals surface area contributed by atoms with Gasteiger partial charge in [-0.15, -0.1) is 0 Å². The average molecular weight is 458 g/mol. The Balaban J connectivity index is 1.85. The van der Waals surface area contributed by atoms with Crippen molar-refractivity contribution >= 4 is 55.8 Å². The number of carbonyl (C=O) groups is 1. The molecule has 0 spiro atoms. The maximum absolute atomic E-state index is 13.5. The molecule has 8 heteroatoms. The lowest BCUT2D eigenvalue weighted by molar-refractivity contribution is 0.0985. The molecule has 2 aromatic carbocycles. The summed E-state index contributed by atoms with van der Waals surface area (Å²) in [6.07, 6.45) is 3.41. The minimum absolute atomic E-state index is 0.288. The first-order valence-corrected chi connectivity index (χ1v) is 10.6. The van der Waals surface area contributed by atoms with Crippen molar-refractivity contribution in [2.45, 2.75) is 13.5 Å². The second-order valence-electron chi connectivity index (χ2n) is 6.64. The minimum Gasteiger partial charge on any atom is -0.494 e. The Labute approximate surface area is 187 Å². The topological polar surface area (TPSA) is 55.3 Å². The maximum atomic E-state index is 13.5. The van der Waals surface area contributed by atoms with Crippen LogP contribution in [0.4, 0.5) is 5.13 Å². The number of thiazole rings is 1. The molecular weight excluding hydrogens is 441 g/mol. The van der Waals surface area contributed by atoms with Gasteiger partial charge in [0.05, 0.1) is 28.9 Å². The zero-order valence-corrected chi connectivity index (χ0v) is 18.6. The Morgan fingerprint density at radius 3 is 2.77 bits per heavy atom. The molecule has 0 radical (unpaired) electrons. The molecule has 0 aliphatic heterocycles. The minimum atomic E-state index is -0.290. The van der Waals surface area contributed by atoms with Crippen molar-refractivity contribution in [3.05, 3.63) is 81.6 Å². The van der Waals surface area contributed by atoms with Crippen LogP contribution in [0, 0.1) is 6.92 Å². The summed E-state index contributed by atoms with van der Waals surface area (Å²) in [5.74, 6) is 0.370. The predicted molar refractivity (Wildman–Crippen MR) is 122 cm³/mol. The molecule has 0 atom stereocenters. The van der Waals surface area contributed by atoms with Crippen LogP contribution < -0.4 is 9.64 Å². The molecule has 4 rings (SSSR count). The fourth-order valence-electron chi connectivity index (χ4n) is 3.09. The van der Waals surface area contributed by atoms with Gasteiger partial charge in [0, 0.05) is 17.4 Å². The highest BCUT2D eigenvalue weighted by Crippen LogP contribution is 2.37. The number of hydrogen-bond acceptors (Lipinski definition) is 5. The van der Waals surface area contributed by atoms with Crippen LogP contribution in [0.5, 0.6) is 5.75 Å². The van der Waals surface area contributed by atoms with Gasteiger partial charge in [0.25, 0.3) is 5.91 Å². The molecule has 0 bridgehead atoms. The number of ether oxygens (including phenoxy) is 1. The van der Waals surface area contributed by atoms with Crippen molar-refractivity contribution in [3.63, 3.8) is 0 Å². The number of rotatable bonds is 5. The molecule has 0 saturated heterocycles. The van der Waals surface area contributed by atoms with Crippen molar-refractivity contribution in [1.29, 1.82) is 0 Å². The van der Waals surface area contributed by atoms with E-state index in [9.17, 15) is 4.79 Å². The van der Waals surface area contributed by atoms with Gasteiger partial charge in [0.2, 0.25) is 0 Å². The van der Waals surface area contributed by atoms with Crippen molar-refractivity contribution in [3.8, 4) is 5.75 Å². The van der Waals surface area contributed by atoms with Gasteiger partial charge in [-0.05, 0) is 48.4 Å². The SMILES string of the molecule is COc1ccc(C)c2sc(N(Cc3cccnc3)C(=O)c3cc(Cl)ccc3Cl)nc12. The summed E-state index contributed by atoms with van der Waals surface area (Å²) in [6, 6.07) is 12.4. The van der Waals surface area contributed by atoms with E-state index >= 15 is 0 Å². The summed E-state index contributed by atoms with van der Waals surface area (Å²) < 4.78 is 6.43. The highest BCUT2D eigenvalue weighted by Gasteiger charge is 2.25. The third kappa shape index (κ3) is 3.99. The van der Waals surface area contributed by atoms with Crippen molar-refractivity contribution in [2.75, 3.05) is 12.0 Å². The van der Waals surface area contributed by atoms with Crippen LogP contribution >= 0.6 is 34.5 Å². The van der Waals surface area contributed by atoms with Crippen LogP contribution in [0.2, 0.25) is 10.0 Å². The zero-order chi connectivity index (χ0) is 21.3. The number of aryl methyl sites for hydroxylation is 1. The Hall–Kier alpha value is -2.67. The molecule has 0 saturated carbocycles. The molecule has 0 aliphatic carbocycles. The smallest absolute Gasteiger partial charge is 0.261 e. The molecule has 2 aromatic heterocycles. The number of methoxy groups -OCH3 is 1. The standard InChI is InChI=1S/C22H17Cl2N3O2S/c1-13-5-8-18(29-2)19-20(13)30-22(26-19)27(12-14-4-3-9-25-11-14)21(28)16-10-15(23)6-7-17(16)24/h3-11H,12H2,1-2H3. The average Bonchev–Trinajstić information content (AvgIpc) is 3.20. The summed E-state index contributed by atoms with van der Waals surface area (Å²) in [7, 11) is 1.60. The maximum Gasteiger partial charge on any atom is 0.261 e. The van der Waals surface area contributed by atoms with Gasteiger partial charge in [0.1, 0.15) is 11.3 Å². The van der Waals surface area contributed by atoms with Crippen molar-refractivity contribution in [1.82, 2.24) is 9.97 Å². The third-order valence-corrected chi connectivity index (χ3v) is 6.39. The first-order chi connectivity index (χ1) is 14.5. The molecule has 30 heavy (non-hydrogen) atoms. The molecule has 152 valence electrons. The van der Waals surface area contributed by atoms with E-state index in [2.05, 4.69) is 4.98 Å². The number of anilines is 1. The number of pyridine rings is 1. The summed E-state index contributed by atoms with van der Waals surface area (Å²) >= 11 is 13.9. The molecule has 0 unspecified atom stereocenters. The van der Waals surface area contributed by atoms with Gasteiger partial charge in [-0.1, -0.05) is 46.7 Å². The van der Waals surface area contributed by atoms with Gasteiger partial charge in [0.15, 0.2) is 5.13 Å². The molecule has 5 nitrogen and oxygen atoms in total. The summed E-state index contributed by atoms with van der Waals surface area (Å²) in [4.78, 5) is 24.0. The number of aromatic nitrogens is 2. The lowest BCUT2D eigenvalue weighted by Gasteiger charge is -2.20. The van der Waals surface area contributed by atoms with Crippen LogP contribution in [-0.2, 0) is 6.54 Å². The number of hydrogen-bond donors (Lipinski definition) is 0. The highest BCUT2D eigenvalue weighted by molar-refractivity contribution is 7.22. The molecule has 0 fully saturated rings. The Kier molecular flexibility index (Phi) is 5.90. The van der Waals surface area contributed by atoms with Crippen LogP contribution in [0.25, 0.3) is 10.2 Å². The van der Waals surface area contributed by atoms with E-state index in [1.807, 2.05) is 31.2 Å². The molecule has 2 heterocycles. The molecule has 4 aromatic rings. The van der Waals surface area contributed by atoms with Crippen LogP contribution in [0.3, 0.4) is 0 Å². The fourth-order valence-corrected chi connectivity index (χ4v) is 4.51. The van der Waals surface area contributed by atoms with Gasteiger partial charge in [-0.2, -0.15) is 0 Å². The zero-order valence-electron chi connectivity index (χ0n) is 16.2. The molecule has 0 N–H and O–H groups in total. The number of carbonyl (C=O) groups excluding carboxylic acids is 1. The number of nitrogens with zero attached hydrogens (tertiary/aromatic N) is 3. The first kappa shape index (κ1) is 20.6. The highest BCUT2D eigenvalue weighted by atomic mass is 35.5. The van der Waals surface area contributed by atoms with Gasteiger partial charge in [-0.3, -0.25) is 14.7 Å². The summed E-state index contributed by atoms with van der Waals surface area (Å²) in [5.41, 5.74) is 2.96. The van der Waals surface area contributed by atoms with E-state index in [0.717, 1.165) is 21.3 Å². The monoisotopic (exact) mass is 457 g/mol. The first-order valence-electron chi connectivity index (χ1n) is 9.08. The third-order valence-electron chi connectivity index (χ3n) is 4.61. The van der Waals surface area contributed by atoms with Gasteiger partial charge < -0.3 is 4.74 Å². The van der Waals surface area contributed by atoms with Crippen LogP contribution in [0.15, 0.2) is 54.9 Å². The predicted octanol–water partition coefficient (Wildman–Crippen LogP) is 6.16. The summed E-state index contributed by atoms with van der Waals surface area (Å²) in [5, 5.41) is 1.31. The van der Waals surface area contributed by atoms with Crippen molar-refractivity contribution in [2.24, 2.45) is 0 Å². The Morgan fingerprint density at radius 2 is 2.03 bits per heavy atom. The van der Waals surface area contributed by atoms with Crippen LogP contribution in [0.1, 0.15) is 21.5 Å². The normalized spacial score (nSPS) is 10.9. The van der Waals surface area contributed by atoms with Crippen LogP contribution in [-0.4, -0.2) is 23.0 Å². The number of halogens is 2. The van der Waals surface area contributed by atoms with E-state index in [1.165, 1.54) is 11.3 Å². The summed E-state index contributed by atoms with van der Waals surface area (Å²) in [6.45, 7) is 2.29. The second kappa shape index (κ2) is 8.60. The van der Waals surface area contributed by atoms with Gasteiger partial charge >= 0.3 is 0 Å². The molecule has 1 amide bonds. The largest absolute Gasteiger partial charge is 0.494 e. The molecule has 0 aliphatic rings. The van der Waals surface area contributed by atoms with Crippen molar-refractivity contribution < 1.29 is 9.53 Å². The fraction of sp³-hybridized carbons (Fsp3) is 0.136. The second-order valence-corrected chi connectivity index (χ2v) is 8.46. The van der Waals surface area contributed by atoms with E-state index in [4.69, 9.17) is 32.9 Å². The van der Waals surface area contributed by atoms with E-state index in [0.29, 0.717) is 26.5 Å². The number of amides is 1. The Bertz CT molecular complexity index is 1230. The van der Waals surface area contributed by atoms with E-state index in [-0.39, 0.29) is 12.5 Å². The van der Waals surface area contributed by atoms with E-state index in [1.54, 1.807) is 42.6 Å². The Morgan fingerprint density at radius 1 is 1.20 bits per heavy atom. The molecular formula is C22H17Cl2N3O2S. The quantitative estimate of drug-likeness (QED) is 0.359. The lowest BCUT2D eigenvalue weighted by Crippen LogP contribution is -2.30. The van der Waals surface area contributed by atoms with E-state index < -0.39 is 0 Å². The lowest BCUT2D eigenvalue weighted by atomic mass is 10.2. The van der Waals surface area contributed by atoms with Gasteiger partial charge in [-0.25, -0.2) is 4.98 Å².